The molecule has 6 heteroatoms. The molecule has 0 saturated carbocycles. The van der Waals surface area contributed by atoms with Crippen LogP contribution >= 0.6 is 0 Å². The van der Waals surface area contributed by atoms with Crippen molar-refractivity contribution in [1.82, 2.24) is 0 Å². The fourth-order valence-electron chi connectivity index (χ4n) is 1.14. The Labute approximate surface area is 90.2 Å². The molecule has 0 bridgehead atoms. The molecule has 16 heavy (non-hydrogen) atoms. The van der Waals surface area contributed by atoms with Gasteiger partial charge in [-0.15, -0.1) is 13.2 Å². The van der Waals surface area contributed by atoms with Gasteiger partial charge in [-0.05, 0) is 26.0 Å². The van der Waals surface area contributed by atoms with E-state index in [4.69, 9.17) is 0 Å². The van der Waals surface area contributed by atoms with Crippen molar-refractivity contribution in [3.05, 3.63) is 24.0 Å². The van der Waals surface area contributed by atoms with Crippen LogP contribution in [0.15, 0.2) is 18.2 Å². The van der Waals surface area contributed by atoms with Gasteiger partial charge in [0.25, 0.3) is 0 Å². The number of hydrogen-bond acceptors (Lipinski definition) is 2. The summed E-state index contributed by atoms with van der Waals surface area (Å²) < 4.78 is 52.7. The Morgan fingerprint density at radius 3 is 2.38 bits per heavy atom. The summed E-state index contributed by atoms with van der Waals surface area (Å²) in [5.41, 5.74) is -0.0169. The predicted octanol–water partition coefficient (Wildman–Crippen LogP) is 3.54. The quantitative estimate of drug-likeness (QED) is 0.812. The minimum atomic E-state index is -4.89. The first-order valence-electron chi connectivity index (χ1n) is 4.60. The topological polar surface area (TPSA) is 21.3 Å². The molecule has 0 amide bonds. The van der Waals surface area contributed by atoms with Crippen LogP contribution in [0.1, 0.15) is 13.8 Å². The van der Waals surface area contributed by atoms with Crippen LogP contribution in [0.25, 0.3) is 0 Å². The van der Waals surface area contributed by atoms with Gasteiger partial charge >= 0.3 is 6.36 Å². The first kappa shape index (κ1) is 12.6. The number of hydrogen-bond donors (Lipinski definition) is 1. The predicted molar refractivity (Wildman–Crippen MR) is 51.8 cm³/mol. The summed E-state index contributed by atoms with van der Waals surface area (Å²) in [4.78, 5) is 0. The number of nitrogens with one attached hydrogen (secondary N) is 1. The van der Waals surface area contributed by atoms with Crippen molar-refractivity contribution >= 4 is 5.69 Å². The molecule has 0 fully saturated rings. The van der Waals surface area contributed by atoms with Crippen LogP contribution in [-0.4, -0.2) is 12.4 Å². The lowest BCUT2D eigenvalue weighted by atomic mass is 10.2. The van der Waals surface area contributed by atoms with Crippen molar-refractivity contribution < 1.29 is 22.3 Å². The van der Waals surface area contributed by atoms with Crippen LogP contribution in [0.2, 0.25) is 0 Å². The maximum atomic E-state index is 13.5. The Morgan fingerprint density at radius 2 is 1.88 bits per heavy atom. The van der Waals surface area contributed by atoms with E-state index in [1.807, 2.05) is 0 Å². The summed E-state index contributed by atoms with van der Waals surface area (Å²) in [5, 5.41) is 2.68. The number of rotatable bonds is 3. The van der Waals surface area contributed by atoms with Gasteiger partial charge < -0.3 is 10.1 Å². The molecule has 0 spiro atoms. The van der Waals surface area contributed by atoms with E-state index < -0.39 is 17.9 Å². The largest absolute Gasteiger partial charge is 0.573 e. The minimum absolute atomic E-state index is 0.0169. The molecule has 0 radical (unpaired) electrons. The second-order valence-electron chi connectivity index (χ2n) is 3.46. The van der Waals surface area contributed by atoms with E-state index in [0.29, 0.717) is 0 Å². The van der Waals surface area contributed by atoms with Crippen molar-refractivity contribution in [2.75, 3.05) is 5.32 Å². The molecule has 0 aliphatic rings. The van der Waals surface area contributed by atoms with E-state index in [1.165, 1.54) is 12.1 Å². The number of benzene rings is 1. The summed E-state index contributed by atoms with van der Waals surface area (Å²) in [6.45, 7) is 3.49. The van der Waals surface area contributed by atoms with Crippen molar-refractivity contribution in [3.63, 3.8) is 0 Å². The fraction of sp³-hybridized carbons (Fsp3) is 0.400. The lowest BCUT2D eigenvalue weighted by molar-refractivity contribution is -0.275. The fourth-order valence-corrected chi connectivity index (χ4v) is 1.14. The molecular weight excluding hydrogens is 226 g/mol. The number of ether oxygens (including phenoxy) is 1. The lowest BCUT2D eigenvalue weighted by Crippen LogP contribution is -2.19. The first-order chi connectivity index (χ1) is 7.29. The molecule has 0 saturated heterocycles. The van der Waals surface area contributed by atoms with Crippen LogP contribution in [-0.2, 0) is 0 Å². The van der Waals surface area contributed by atoms with Crippen LogP contribution < -0.4 is 10.1 Å². The van der Waals surface area contributed by atoms with E-state index in [2.05, 4.69) is 10.1 Å². The molecular formula is C10H11F4NO. The smallest absolute Gasteiger partial charge is 0.403 e. The summed E-state index contributed by atoms with van der Waals surface area (Å²) in [6.07, 6.45) is -4.89. The molecule has 0 aliphatic carbocycles. The molecule has 0 heterocycles. The van der Waals surface area contributed by atoms with Crippen molar-refractivity contribution in [1.29, 1.82) is 0 Å². The molecule has 2 nitrogen and oxygen atoms in total. The Balaban J connectivity index is 2.95. The van der Waals surface area contributed by atoms with Crippen LogP contribution in [0, 0.1) is 5.82 Å². The van der Waals surface area contributed by atoms with Gasteiger partial charge in [0.1, 0.15) is 0 Å². The van der Waals surface area contributed by atoms with Crippen LogP contribution in [0.3, 0.4) is 0 Å². The summed E-state index contributed by atoms with van der Waals surface area (Å²) in [7, 11) is 0. The molecule has 0 aliphatic heterocycles. The highest BCUT2D eigenvalue weighted by Crippen LogP contribution is 2.29. The summed E-state index contributed by atoms with van der Waals surface area (Å²) >= 11 is 0. The van der Waals surface area contributed by atoms with E-state index >= 15 is 0 Å². The molecule has 0 aromatic heterocycles. The van der Waals surface area contributed by atoms with E-state index in [9.17, 15) is 17.6 Å². The highest BCUT2D eigenvalue weighted by molar-refractivity contribution is 5.50. The van der Waals surface area contributed by atoms with Crippen LogP contribution in [0.4, 0.5) is 23.2 Å². The second-order valence-corrected chi connectivity index (χ2v) is 3.46. The normalized spacial score (nSPS) is 11.7. The van der Waals surface area contributed by atoms with Crippen molar-refractivity contribution in [3.8, 4) is 5.75 Å². The highest BCUT2D eigenvalue weighted by atomic mass is 19.4. The lowest BCUT2D eigenvalue weighted by Gasteiger charge is -2.14. The molecule has 0 atom stereocenters. The van der Waals surface area contributed by atoms with Gasteiger partial charge in [-0.1, -0.05) is 6.07 Å². The molecule has 0 unspecified atom stereocenters. The second kappa shape index (κ2) is 4.59. The monoisotopic (exact) mass is 237 g/mol. The van der Waals surface area contributed by atoms with Gasteiger partial charge in [-0.3, -0.25) is 0 Å². The average Bonchev–Trinajstić information content (AvgIpc) is 2.09. The van der Waals surface area contributed by atoms with Crippen molar-refractivity contribution in [2.24, 2.45) is 0 Å². The Kier molecular flexibility index (Phi) is 3.62. The zero-order valence-corrected chi connectivity index (χ0v) is 8.73. The highest BCUT2D eigenvalue weighted by Gasteiger charge is 2.32. The number of anilines is 1. The first-order valence-corrected chi connectivity index (χ1v) is 4.60. The van der Waals surface area contributed by atoms with Crippen LogP contribution in [0.5, 0.6) is 5.75 Å². The molecule has 1 rings (SSSR count). The van der Waals surface area contributed by atoms with Gasteiger partial charge in [0.05, 0.1) is 5.69 Å². The Morgan fingerprint density at radius 1 is 1.25 bits per heavy atom. The van der Waals surface area contributed by atoms with Gasteiger partial charge in [-0.25, -0.2) is 4.39 Å². The maximum Gasteiger partial charge on any atom is 0.573 e. The summed E-state index contributed by atoms with van der Waals surface area (Å²) in [6, 6.07) is 3.47. The Hall–Kier alpha value is -1.46. The Bertz CT molecular complexity index is 362. The van der Waals surface area contributed by atoms with Crippen molar-refractivity contribution in [2.45, 2.75) is 26.3 Å². The number of halogens is 4. The molecule has 1 N–H and O–H groups in total. The number of alkyl halides is 3. The van der Waals surface area contributed by atoms with E-state index in [0.717, 1.165) is 6.07 Å². The zero-order valence-electron chi connectivity index (χ0n) is 8.73. The van der Waals surface area contributed by atoms with E-state index in [1.54, 1.807) is 13.8 Å². The third-order valence-electron chi connectivity index (χ3n) is 1.63. The third kappa shape index (κ3) is 3.60. The van der Waals surface area contributed by atoms with Gasteiger partial charge in [0.2, 0.25) is 0 Å². The minimum Gasteiger partial charge on any atom is -0.403 e. The molecule has 90 valence electrons. The SMILES string of the molecule is CC(C)Nc1cccc(OC(F)(F)F)c1F. The summed E-state index contributed by atoms with van der Waals surface area (Å²) in [5.74, 6) is -1.88. The maximum absolute atomic E-state index is 13.5. The molecule has 1 aromatic carbocycles. The van der Waals surface area contributed by atoms with Gasteiger partial charge in [-0.2, -0.15) is 0 Å². The van der Waals surface area contributed by atoms with Gasteiger partial charge in [0.15, 0.2) is 11.6 Å². The molecule has 1 aromatic rings. The van der Waals surface area contributed by atoms with E-state index in [-0.39, 0.29) is 11.7 Å². The third-order valence-corrected chi connectivity index (χ3v) is 1.63. The average molecular weight is 237 g/mol. The zero-order chi connectivity index (χ0) is 12.3. The standard InChI is InChI=1S/C10H11F4NO/c1-6(2)15-7-4-3-5-8(9(7)11)16-10(12,13)14/h3-6,15H,1-2H3. The van der Waals surface area contributed by atoms with Gasteiger partial charge in [0, 0.05) is 6.04 Å².